The van der Waals surface area contributed by atoms with Crippen LogP contribution in [0.1, 0.15) is 16.7 Å². The average molecular weight is 364 g/mol. The second-order valence-corrected chi connectivity index (χ2v) is 6.72. The molecular weight excluding hydrogens is 344 g/mol. The number of fused-ring (bicyclic) bond motifs is 1. The zero-order chi connectivity index (χ0) is 19.1. The normalized spacial score (nSPS) is 16.2. The molecule has 27 heavy (non-hydrogen) atoms. The fraction of sp³-hybridized carbons (Fsp3) is 0.238. The molecule has 0 atom stereocenters. The van der Waals surface area contributed by atoms with Crippen LogP contribution in [-0.4, -0.2) is 37.0 Å². The van der Waals surface area contributed by atoms with E-state index < -0.39 is 0 Å². The SMILES string of the molecule is Cc1ccc(C2=C(Nc3ccc4c(c3)OCCO4)C(=O)N(C)C2=O)c(C)c1. The van der Waals surface area contributed by atoms with Gasteiger partial charge in [-0.2, -0.15) is 0 Å². The molecule has 2 aromatic rings. The Morgan fingerprint density at radius 1 is 0.926 bits per heavy atom. The van der Waals surface area contributed by atoms with Crippen molar-refractivity contribution in [1.82, 2.24) is 4.90 Å². The van der Waals surface area contributed by atoms with Crippen LogP contribution in [-0.2, 0) is 9.59 Å². The Morgan fingerprint density at radius 3 is 2.41 bits per heavy atom. The smallest absolute Gasteiger partial charge is 0.277 e. The number of carbonyl (C=O) groups is 2. The van der Waals surface area contributed by atoms with Crippen LogP contribution in [0.4, 0.5) is 5.69 Å². The molecule has 2 aliphatic rings. The van der Waals surface area contributed by atoms with Gasteiger partial charge in [0.1, 0.15) is 18.9 Å². The van der Waals surface area contributed by atoms with Gasteiger partial charge < -0.3 is 14.8 Å². The maximum Gasteiger partial charge on any atom is 0.277 e. The lowest BCUT2D eigenvalue weighted by molar-refractivity contribution is -0.135. The minimum Gasteiger partial charge on any atom is -0.486 e. The zero-order valence-electron chi connectivity index (χ0n) is 15.5. The molecule has 0 bridgehead atoms. The average Bonchev–Trinajstić information content (AvgIpc) is 2.86. The lowest BCUT2D eigenvalue weighted by Gasteiger charge is -2.19. The number of imide groups is 1. The number of amides is 2. The number of aryl methyl sites for hydroxylation is 2. The maximum atomic E-state index is 12.7. The summed E-state index contributed by atoms with van der Waals surface area (Å²) in [6, 6.07) is 11.2. The molecule has 2 amide bonds. The zero-order valence-corrected chi connectivity index (χ0v) is 15.5. The van der Waals surface area contributed by atoms with Crippen LogP contribution in [0.3, 0.4) is 0 Å². The van der Waals surface area contributed by atoms with Crippen LogP contribution in [0.5, 0.6) is 11.5 Å². The molecule has 0 spiro atoms. The number of hydrogen-bond donors (Lipinski definition) is 1. The van der Waals surface area contributed by atoms with Gasteiger partial charge in [0.15, 0.2) is 11.5 Å². The Hall–Kier alpha value is -3.28. The van der Waals surface area contributed by atoms with Gasteiger partial charge >= 0.3 is 0 Å². The molecule has 6 nitrogen and oxygen atoms in total. The van der Waals surface area contributed by atoms with Gasteiger partial charge in [-0.3, -0.25) is 14.5 Å². The summed E-state index contributed by atoms with van der Waals surface area (Å²) in [5.74, 6) is 0.614. The first kappa shape index (κ1) is 17.1. The van der Waals surface area contributed by atoms with Gasteiger partial charge in [0.25, 0.3) is 11.8 Å². The Bertz CT molecular complexity index is 994. The summed E-state index contributed by atoms with van der Waals surface area (Å²) in [6.45, 7) is 4.92. The molecule has 0 aromatic heterocycles. The van der Waals surface area contributed by atoms with Crippen molar-refractivity contribution in [2.75, 3.05) is 25.6 Å². The fourth-order valence-electron chi connectivity index (χ4n) is 3.37. The summed E-state index contributed by atoms with van der Waals surface area (Å²) < 4.78 is 11.1. The van der Waals surface area contributed by atoms with E-state index >= 15 is 0 Å². The Labute approximate surface area is 157 Å². The van der Waals surface area contributed by atoms with E-state index in [1.54, 1.807) is 18.2 Å². The maximum absolute atomic E-state index is 12.7. The third-order valence-electron chi connectivity index (χ3n) is 4.75. The van der Waals surface area contributed by atoms with Gasteiger partial charge in [-0.1, -0.05) is 23.8 Å². The first-order valence-electron chi connectivity index (χ1n) is 8.76. The number of nitrogens with zero attached hydrogens (tertiary/aromatic N) is 1. The number of nitrogens with one attached hydrogen (secondary N) is 1. The van der Waals surface area contributed by atoms with E-state index in [0.29, 0.717) is 36.0 Å². The standard InChI is InChI=1S/C21H20N2O4/c1-12-4-6-15(13(2)10-12)18-19(21(25)23(3)20(18)24)22-14-5-7-16-17(11-14)27-9-8-26-16/h4-7,10-11,22H,8-9H2,1-3H3. The fourth-order valence-corrected chi connectivity index (χ4v) is 3.37. The molecule has 138 valence electrons. The molecule has 2 aromatic carbocycles. The number of rotatable bonds is 3. The lowest BCUT2D eigenvalue weighted by atomic mass is 9.97. The highest BCUT2D eigenvalue weighted by Gasteiger charge is 2.37. The van der Waals surface area contributed by atoms with Crippen LogP contribution in [0.25, 0.3) is 5.57 Å². The van der Waals surface area contributed by atoms with Crippen molar-refractivity contribution < 1.29 is 19.1 Å². The second-order valence-electron chi connectivity index (χ2n) is 6.72. The highest BCUT2D eigenvalue weighted by molar-refractivity contribution is 6.36. The van der Waals surface area contributed by atoms with Crippen LogP contribution >= 0.6 is 0 Å². The molecule has 0 radical (unpaired) electrons. The molecule has 0 saturated carbocycles. The molecule has 6 heteroatoms. The van der Waals surface area contributed by atoms with Crippen LogP contribution in [0, 0.1) is 13.8 Å². The first-order chi connectivity index (χ1) is 13.0. The van der Waals surface area contributed by atoms with Gasteiger partial charge in [-0.15, -0.1) is 0 Å². The van der Waals surface area contributed by atoms with Crippen LogP contribution in [0.2, 0.25) is 0 Å². The monoisotopic (exact) mass is 364 g/mol. The Kier molecular flexibility index (Phi) is 4.11. The number of carbonyl (C=O) groups excluding carboxylic acids is 2. The molecule has 0 aliphatic carbocycles. The Balaban J connectivity index is 1.78. The minimum atomic E-state index is -0.357. The molecule has 0 saturated heterocycles. The van der Waals surface area contributed by atoms with Gasteiger partial charge in [-0.05, 0) is 37.1 Å². The van der Waals surface area contributed by atoms with Crippen LogP contribution in [0.15, 0.2) is 42.1 Å². The summed E-state index contributed by atoms with van der Waals surface area (Å²) in [5.41, 5.74) is 4.11. The lowest BCUT2D eigenvalue weighted by Crippen LogP contribution is -2.28. The summed E-state index contributed by atoms with van der Waals surface area (Å²) in [6.07, 6.45) is 0. The van der Waals surface area contributed by atoms with E-state index in [-0.39, 0.29) is 17.5 Å². The van der Waals surface area contributed by atoms with E-state index in [4.69, 9.17) is 9.47 Å². The third-order valence-corrected chi connectivity index (χ3v) is 4.75. The quantitative estimate of drug-likeness (QED) is 0.849. The van der Waals surface area contributed by atoms with E-state index in [0.717, 1.165) is 21.6 Å². The molecule has 2 heterocycles. The van der Waals surface area contributed by atoms with Crippen molar-refractivity contribution in [2.24, 2.45) is 0 Å². The predicted octanol–water partition coefficient (Wildman–Crippen LogP) is 2.90. The Morgan fingerprint density at radius 2 is 1.67 bits per heavy atom. The highest BCUT2D eigenvalue weighted by atomic mass is 16.6. The number of benzene rings is 2. The van der Waals surface area contributed by atoms with Crippen molar-refractivity contribution in [3.05, 3.63) is 58.8 Å². The first-order valence-corrected chi connectivity index (χ1v) is 8.76. The topological polar surface area (TPSA) is 67.9 Å². The number of anilines is 1. The van der Waals surface area contributed by atoms with Crippen molar-refractivity contribution in [3.8, 4) is 11.5 Å². The molecule has 1 N–H and O–H groups in total. The van der Waals surface area contributed by atoms with Crippen molar-refractivity contribution in [2.45, 2.75) is 13.8 Å². The van der Waals surface area contributed by atoms with Gasteiger partial charge in [0, 0.05) is 18.8 Å². The van der Waals surface area contributed by atoms with Gasteiger partial charge in [0.2, 0.25) is 0 Å². The largest absolute Gasteiger partial charge is 0.486 e. The predicted molar refractivity (Wildman–Crippen MR) is 102 cm³/mol. The van der Waals surface area contributed by atoms with Gasteiger partial charge in [0.05, 0.1) is 5.57 Å². The number of likely N-dealkylation sites (N-methyl/N-ethyl adjacent to an activating group) is 1. The third kappa shape index (κ3) is 2.93. The van der Waals surface area contributed by atoms with Crippen molar-refractivity contribution >= 4 is 23.1 Å². The van der Waals surface area contributed by atoms with E-state index in [2.05, 4.69) is 5.32 Å². The molecule has 0 fully saturated rings. The van der Waals surface area contributed by atoms with E-state index in [1.165, 1.54) is 7.05 Å². The molecule has 4 rings (SSSR count). The summed E-state index contributed by atoms with van der Waals surface area (Å²) in [5, 5.41) is 3.12. The van der Waals surface area contributed by atoms with Crippen LogP contribution < -0.4 is 14.8 Å². The van der Waals surface area contributed by atoms with Crippen molar-refractivity contribution in [3.63, 3.8) is 0 Å². The molecule has 0 unspecified atom stereocenters. The van der Waals surface area contributed by atoms with E-state index in [9.17, 15) is 9.59 Å². The summed E-state index contributed by atoms with van der Waals surface area (Å²) in [7, 11) is 1.49. The van der Waals surface area contributed by atoms with Crippen molar-refractivity contribution in [1.29, 1.82) is 0 Å². The summed E-state index contributed by atoms with van der Waals surface area (Å²) in [4.78, 5) is 26.6. The number of hydrogen-bond acceptors (Lipinski definition) is 5. The number of ether oxygens (including phenoxy) is 2. The highest BCUT2D eigenvalue weighted by Crippen LogP contribution is 2.35. The minimum absolute atomic E-state index is 0.270. The molecule has 2 aliphatic heterocycles. The molecular formula is C21H20N2O4. The second kappa shape index (κ2) is 6.46. The van der Waals surface area contributed by atoms with Gasteiger partial charge in [-0.25, -0.2) is 0 Å². The van der Waals surface area contributed by atoms with E-state index in [1.807, 2.05) is 32.0 Å². The summed E-state index contributed by atoms with van der Waals surface area (Å²) >= 11 is 0.